The van der Waals surface area contributed by atoms with Crippen molar-refractivity contribution >= 4 is 11.8 Å². The number of aryl methyl sites for hydroxylation is 2. The van der Waals surface area contributed by atoms with E-state index in [0.29, 0.717) is 6.54 Å². The Kier molecular flexibility index (Phi) is 5.45. The minimum absolute atomic E-state index is 0.0792. The fraction of sp³-hybridized carbons (Fsp3) is 0.333. The van der Waals surface area contributed by atoms with Crippen LogP contribution in [0.1, 0.15) is 34.3 Å². The van der Waals surface area contributed by atoms with Crippen LogP contribution in [0.5, 0.6) is 0 Å². The zero-order valence-electron chi connectivity index (χ0n) is 12.8. The average Bonchev–Trinajstić information content (AvgIpc) is 2.51. The maximum Gasteiger partial charge on any atom is 0.0870 e. The van der Waals surface area contributed by atoms with Crippen molar-refractivity contribution in [3.8, 4) is 0 Å². The first-order chi connectivity index (χ1) is 10.1. The molecule has 2 aromatic carbocycles. The number of benzene rings is 2. The molecule has 2 aromatic rings. The molecule has 112 valence electrons. The van der Waals surface area contributed by atoms with Crippen LogP contribution in [0.25, 0.3) is 0 Å². The summed E-state index contributed by atoms with van der Waals surface area (Å²) < 4.78 is 0. The highest BCUT2D eigenvalue weighted by Gasteiger charge is 2.21. The van der Waals surface area contributed by atoms with Gasteiger partial charge in [0, 0.05) is 17.4 Å². The minimum atomic E-state index is -0.576. The lowest BCUT2D eigenvalue weighted by Crippen LogP contribution is -2.20. The Hall–Kier alpha value is -1.29. The van der Waals surface area contributed by atoms with Crippen molar-refractivity contribution in [3.63, 3.8) is 0 Å². The number of hydrogen-bond acceptors (Lipinski definition) is 3. The second kappa shape index (κ2) is 7.12. The smallest absolute Gasteiger partial charge is 0.0870 e. The lowest BCUT2D eigenvalue weighted by atomic mass is 9.88. The number of nitrogens with two attached hydrogens (primary N) is 1. The third-order valence-electron chi connectivity index (χ3n) is 4.05. The van der Waals surface area contributed by atoms with Crippen molar-refractivity contribution < 1.29 is 5.11 Å². The fourth-order valence-electron chi connectivity index (χ4n) is 2.48. The normalized spacial score (nSPS) is 14.0. The van der Waals surface area contributed by atoms with Gasteiger partial charge in [-0.05, 0) is 54.5 Å². The molecular formula is C18H23NOS. The largest absolute Gasteiger partial charge is 0.388 e. The molecule has 0 heterocycles. The Bertz CT molecular complexity index is 595. The van der Waals surface area contributed by atoms with Gasteiger partial charge < -0.3 is 10.8 Å². The molecule has 0 bridgehead atoms. The van der Waals surface area contributed by atoms with Crippen molar-refractivity contribution in [1.82, 2.24) is 0 Å². The summed E-state index contributed by atoms with van der Waals surface area (Å²) in [5, 5.41) is 10.7. The monoisotopic (exact) mass is 301 g/mol. The van der Waals surface area contributed by atoms with E-state index >= 15 is 0 Å². The van der Waals surface area contributed by atoms with E-state index in [4.69, 9.17) is 5.73 Å². The summed E-state index contributed by atoms with van der Waals surface area (Å²) in [7, 11) is 0. The van der Waals surface area contributed by atoms with Gasteiger partial charge in [-0.25, -0.2) is 0 Å². The molecule has 0 aliphatic heterocycles. The average molecular weight is 301 g/mol. The first-order valence-electron chi connectivity index (χ1n) is 7.16. The summed E-state index contributed by atoms with van der Waals surface area (Å²) in [6.45, 7) is 4.61. The van der Waals surface area contributed by atoms with E-state index in [1.807, 2.05) is 30.5 Å². The molecule has 0 spiro atoms. The van der Waals surface area contributed by atoms with Crippen LogP contribution in [-0.2, 0) is 0 Å². The molecule has 0 saturated carbocycles. The third-order valence-corrected chi connectivity index (χ3v) is 4.80. The van der Waals surface area contributed by atoms with E-state index < -0.39 is 6.10 Å². The van der Waals surface area contributed by atoms with E-state index in [9.17, 15) is 5.11 Å². The van der Waals surface area contributed by atoms with E-state index in [-0.39, 0.29) is 5.92 Å². The van der Waals surface area contributed by atoms with Gasteiger partial charge in [-0.1, -0.05) is 30.3 Å². The standard InChI is InChI=1S/C18H23NOS/c1-12-4-5-15(10-13(12)2)17(11-19)18(20)14-6-8-16(21-3)9-7-14/h4-10,17-18,20H,11,19H2,1-3H3. The molecule has 0 radical (unpaired) electrons. The van der Waals surface area contributed by atoms with Gasteiger partial charge in [-0.15, -0.1) is 11.8 Å². The molecule has 2 nitrogen and oxygen atoms in total. The molecule has 0 aliphatic carbocycles. The molecule has 21 heavy (non-hydrogen) atoms. The second-order valence-electron chi connectivity index (χ2n) is 5.40. The van der Waals surface area contributed by atoms with Crippen LogP contribution >= 0.6 is 11.8 Å². The van der Waals surface area contributed by atoms with Crippen LogP contribution in [0, 0.1) is 13.8 Å². The van der Waals surface area contributed by atoms with Crippen molar-refractivity contribution in [2.45, 2.75) is 30.8 Å². The van der Waals surface area contributed by atoms with Crippen LogP contribution in [0.4, 0.5) is 0 Å². The molecule has 2 unspecified atom stereocenters. The molecule has 0 aliphatic rings. The summed E-state index contributed by atoms with van der Waals surface area (Å²) in [6, 6.07) is 14.3. The highest BCUT2D eigenvalue weighted by molar-refractivity contribution is 7.98. The van der Waals surface area contributed by atoms with E-state index in [2.05, 4.69) is 32.0 Å². The van der Waals surface area contributed by atoms with Crippen LogP contribution in [0.3, 0.4) is 0 Å². The van der Waals surface area contributed by atoms with Gasteiger partial charge in [0.1, 0.15) is 0 Å². The maximum absolute atomic E-state index is 10.7. The summed E-state index contributed by atoms with van der Waals surface area (Å²) in [4.78, 5) is 1.20. The van der Waals surface area contributed by atoms with Gasteiger partial charge in [0.25, 0.3) is 0 Å². The zero-order valence-corrected chi connectivity index (χ0v) is 13.7. The molecule has 3 heteroatoms. The Balaban J connectivity index is 2.28. The van der Waals surface area contributed by atoms with Gasteiger partial charge in [0.15, 0.2) is 0 Å². The predicted octanol–water partition coefficient (Wildman–Crippen LogP) is 3.80. The van der Waals surface area contributed by atoms with E-state index in [1.165, 1.54) is 16.0 Å². The Morgan fingerprint density at radius 1 is 1.00 bits per heavy atom. The molecule has 0 fully saturated rings. The Morgan fingerprint density at radius 3 is 2.14 bits per heavy atom. The van der Waals surface area contributed by atoms with Crippen LogP contribution < -0.4 is 5.73 Å². The third kappa shape index (κ3) is 3.67. The minimum Gasteiger partial charge on any atom is -0.388 e. The summed E-state index contributed by atoms with van der Waals surface area (Å²) in [5.41, 5.74) is 10.4. The first-order valence-corrected chi connectivity index (χ1v) is 8.38. The maximum atomic E-state index is 10.7. The van der Waals surface area contributed by atoms with Crippen LogP contribution in [0.15, 0.2) is 47.4 Å². The Labute approximate surface area is 131 Å². The van der Waals surface area contributed by atoms with Crippen LogP contribution in [-0.4, -0.2) is 17.9 Å². The summed E-state index contributed by atoms with van der Waals surface area (Å²) >= 11 is 1.70. The fourth-order valence-corrected chi connectivity index (χ4v) is 2.88. The highest BCUT2D eigenvalue weighted by Crippen LogP contribution is 2.32. The molecule has 0 amide bonds. The number of hydrogen-bond donors (Lipinski definition) is 2. The van der Waals surface area contributed by atoms with Crippen molar-refractivity contribution in [3.05, 3.63) is 64.7 Å². The van der Waals surface area contributed by atoms with Crippen molar-refractivity contribution in [2.24, 2.45) is 5.73 Å². The molecule has 0 saturated heterocycles. The van der Waals surface area contributed by atoms with E-state index in [0.717, 1.165) is 11.1 Å². The number of aliphatic hydroxyl groups excluding tert-OH is 1. The highest BCUT2D eigenvalue weighted by atomic mass is 32.2. The Morgan fingerprint density at radius 2 is 1.62 bits per heavy atom. The van der Waals surface area contributed by atoms with Crippen molar-refractivity contribution in [2.75, 3.05) is 12.8 Å². The summed E-state index contributed by atoms with van der Waals surface area (Å²) in [6.07, 6.45) is 1.47. The quantitative estimate of drug-likeness (QED) is 0.826. The molecule has 2 atom stereocenters. The van der Waals surface area contributed by atoms with Gasteiger partial charge >= 0.3 is 0 Å². The van der Waals surface area contributed by atoms with Gasteiger partial charge in [-0.3, -0.25) is 0 Å². The number of rotatable bonds is 5. The first kappa shape index (κ1) is 16.1. The molecular weight excluding hydrogens is 278 g/mol. The van der Waals surface area contributed by atoms with Crippen molar-refractivity contribution in [1.29, 1.82) is 0 Å². The SMILES string of the molecule is CSc1ccc(C(O)C(CN)c2ccc(C)c(C)c2)cc1. The van der Waals surface area contributed by atoms with Gasteiger partial charge in [0.2, 0.25) is 0 Å². The molecule has 2 rings (SSSR count). The molecule has 0 aromatic heterocycles. The summed E-state index contributed by atoms with van der Waals surface area (Å²) in [5.74, 6) is -0.0792. The zero-order chi connectivity index (χ0) is 15.4. The second-order valence-corrected chi connectivity index (χ2v) is 6.28. The number of thioether (sulfide) groups is 1. The topological polar surface area (TPSA) is 46.2 Å². The predicted molar refractivity (Wildman–Crippen MR) is 90.9 cm³/mol. The lowest BCUT2D eigenvalue weighted by molar-refractivity contribution is 0.147. The van der Waals surface area contributed by atoms with Crippen LogP contribution in [0.2, 0.25) is 0 Å². The van der Waals surface area contributed by atoms with E-state index in [1.54, 1.807) is 11.8 Å². The number of aliphatic hydroxyl groups is 1. The molecule has 3 N–H and O–H groups in total. The van der Waals surface area contributed by atoms with Gasteiger partial charge in [0.05, 0.1) is 6.10 Å². The lowest BCUT2D eigenvalue weighted by Gasteiger charge is -2.23. The van der Waals surface area contributed by atoms with Gasteiger partial charge in [-0.2, -0.15) is 0 Å².